The van der Waals surface area contributed by atoms with Gasteiger partial charge in [0, 0.05) is 12.1 Å². The minimum absolute atomic E-state index is 0.126. The summed E-state index contributed by atoms with van der Waals surface area (Å²) in [7, 11) is 0. The van der Waals surface area contributed by atoms with Gasteiger partial charge in [-0.2, -0.15) is 0 Å². The highest BCUT2D eigenvalue weighted by Gasteiger charge is 2.24. The first kappa shape index (κ1) is 17.0. The number of hydrogen-bond acceptors (Lipinski definition) is 2. The summed E-state index contributed by atoms with van der Waals surface area (Å²) in [6.07, 6.45) is 14.3. The Bertz CT molecular complexity index is 432. The van der Waals surface area contributed by atoms with Crippen molar-refractivity contribution in [3.63, 3.8) is 0 Å². The van der Waals surface area contributed by atoms with Gasteiger partial charge in [-0.25, -0.2) is 4.98 Å². The molecule has 3 nitrogen and oxygen atoms in total. The number of anilines is 1. The van der Waals surface area contributed by atoms with Gasteiger partial charge in [0.2, 0.25) is 5.91 Å². The molecular weight excluding hydrogens is 272 g/mol. The molecule has 1 aromatic heterocycles. The molecule has 0 bridgehead atoms. The molecule has 1 N–H and O–H groups in total. The van der Waals surface area contributed by atoms with Crippen LogP contribution in [0.2, 0.25) is 0 Å². The Morgan fingerprint density at radius 2 is 1.64 bits per heavy atom. The van der Waals surface area contributed by atoms with Crippen LogP contribution in [0.3, 0.4) is 0 Å². The van der Waals surface area contributed by atoms with Gasteiger partial charge in [0.15, 0.2) is 0 Å². The molecule has 0 radical (unpaired) electrons. The van der Waals surface area contributed by atoms with E-state index in [-0.39, 0.29) is 11.8 Å². The van der Waals surface area contributed by atoms with Gasteiger partial charge >= 0.3 is 0 Å². The molecule has 1 aliphatic rings. The quantitative estimate of drug-likeness (QED) is 0.817. The summed E-state index contributed by atoms with van der Waals surface area (Å²) in [5.41, 5.74) is 0. The van der Waals surface area contributed by atoms with E-state index < -0.39 is 0 Å². The maximum absolute atomic E-state index is 12.6. The summed E-state index contributed by atoms with van der Waals surface area (Å²) in [4.78, 5) is 16.9. The van der Waals surface area contributed by atoms with Crippen molar-refractivity contribution in [3.8, 4) is 0 Å². The summed E-state index contributed by atoms with van der Waals surface area (Å²) in [6.45, 7) is 2.24. The van der Waals surface area contributed by atoms with E-state index in [9.17, 15) is 4.79 Å². The van der Waals surface area contributed by atoms with Gasteiger partial charge in [0.05, 0.1) is 0 Å². The van der Waals surface area contributed by atoms with E-state index in [0.717, 1.165) is 6.42 Å². The van der Waals surface area contributed by atoms with Crippen LogP contribution >= 0.6 is 0 Å². The second kappa shape index (κ2) is 9.60. The van der Waals surface area contributed by atoms with Crippen molar-refractivity contribution >= 4 is 11.7 Å². The highest BCUT2D eigenvalue weighted by molar-refractivity contribution is 5.91. The topological polar surface area (TPSA) is 42.0 Å². The zero-order valence-corrected chi connectivity index (χ0v) is 13.9. The number of nitrogens with zero attached hydrogens (tertiary/aromatic N) is 1. The lowest BCUT2D eigenvalue weighted by Gasteiger charge is -2.23. The first-order chi connectivity index (χ1) is 10.8. The Hall–Kier alpha value is -1.38. The molecule has 1 heterocycles. The van der Waals surface area contributed by atoms with Crippen LogP contribution in [0, 0.1) is 11.8 Å². The lowest BCUT2D eigenvalue weighted by atomic mass is 9.84. The van der Waals surface area contributed by atoms with Crippen molar-refractivity contribution in [2.75, 3.05) is 5.32 Å². The van der Waals surface area contributed by atoms with Crippen LogP contribution in [0.15, 0.2) is 24.4 Å². The Morgan fingerprint density at radius 1 is 1.00 bits per heavy atom. The second-order valence-corrected chi connectivity index (χ2v) is 6.69. The van der Waals surface area contributed by atoms with Gasteiger partial charge in [-0.3, -0.25) is 4.79 Å². The molecule has 3 heteroatoms. The predicted octanol–water partition coefficient (Wildman–Crippen LogP) is 5.19. The average molecular weight is 302 g/mol. The van der Waals surface area contributed by atoms with Gasteiger partial charge in [0.1, 0.15) is 5.82 Å². The van der Waals surface area contributed by atoms with Gasteiger partial charge in [0.25, 0.3) is 0 Å². The largest absolute Gasteiger partial charge is 0.310 e. The zero-order valence-electron chi connectivity index (χ0n) is 13.9. The Morgan fingerprint density at radius 3 is 2.27 bits per heavy atom. The minimum Gasteiger partial charge on any atom is -0.310 e. The summed E-state index contributed by atoms with van der Waals surface area (Å²) >= 11 is 0. The van der Waals surface area contributed by atoms with Crippen LogP contribution < -0.4 is 5.32 Å². The number of carbonyl (C=O) groups excluding carboxylic acids is 1. The molecule has 22 heavy (non-hydrogen) atoms. The summed E-state index contributed by atoms with van der Waals surface area (Å²) < 4.78 is 0. The third-order valence-corrected chi connectivity index (χ3v) is 4.86. The third-order valence-electron chi connectivity index (χ3n) is 4.86. The number of amides is 1. The molecule has 2 atom stereocenters. The highest BCUT2D eigenvalue weighted by atomic mass is 16.1. The Balaban J connectivity index is 1.94. The van der Waals surface area contributed by atoms with Crippen molar-refractivity contribution in [2.24, 2.45) is 11.8 Å². The van der Waals surface area contributed by atoms with E-state index in [1.54, 1.807) is 6.20 Å². The van der Waals surface area contributed by atoms with Crippen molar-refractivity contribution in [1.29, 1.82) is 0 Å². The molecule has 1 saturated carbocycles. The third kappa shape index (κ3) is 5.78. The molecule has 2 unspecified atom stereocenters. The minimum atomic E-state index is 0.126. The predicted molar refractivity (Wildman–Crippen MR) is 91.7 cm³/mol. The van der Waals surface area contributed by atoms with E-state index in [2.05, 4.69) is 17.2 Å². The van der Waals surface area contributed by atoms with E-state index in [4.69, 9.17) is 0 Å². The molecule has 0 spiro atoms. The molecule has 1 amide bonds. The van der Waals surface area contributed by atoms with E-state index >= 15 is 0 Å². The van der Waals surface area contributed by atoms with Gasteiger partial charge in [-0.15, -0.1) is 0 Å². The molecule has 0 saturated heterocycles. The maximum atomic E-state index is 12.6. The first-order valence-corrected chi connectivity index (χ1v) is 8.99. The molecule has 0 aromatic carbocycles. The number of aromatic nitrogens is 1. The van der Waals surface area contributed by atoms with Gasteiger partial charge < -0.3 is 5.32 Å². The van der Waals surface area contributed by atoms with Crippen LogP contribution in [-0.2, 0) is 4.79 Å². The normalized spacial score (nSPS) is 24.8. The summed E-state index contributed by atoms with van der Waals surface area (Å²) in [5.74, 6) is 1.42. The number of hydrogen-bond donors (Lipinski definition) is 1. The van der Waals surface area contributed by atoms with Crippen molar-refractivity contribution in [2.45, 2.75) is 71.1 Å². The maximum Gasteiger partial charge on any atom is 0.228 e. The molecule has 1 aromatic rings. The number of carbonyl (C=O) groups is 1. The monoisotopic (exact) mass is 302 g/mol. The summed E-state index contributed by atoms with van der Waals surface area (Å²) in [6, 6.07) is 5.64. The van der Waals surface area contributed by atoms with Crippen LogP contribution in [0.25, 0.3) is 0 Å². The molecule has 0 aliphatic heterocycles. The van der Waals surface area contributed by atoms with E-state index in [1.807, 2.05) is 18.2 Å². The molecule has 2 rings (SSSR count). The lowest BCUT2D eigenvalue weighted by Crippen LogP contribution is -2.28. The van der Waals surface area contributed by atoms with E-state index in [0.29, 0.717) is 11.7 Å². The fourth-order valence-electron chi connectivity index (χ4n) is 3.42. The highest BCUT2D eigenvalue weighted by Crippen LogP contribution is 2.27. The fraction of sp³-hybridized carbons (Fsp3) is 0.684. The van der Waals surface area contributed by atoms with Crippen LogP contribution in [0.5, 0.6) is 0 Å². The van der Waals surface area contributed by atoms with Gasteiger partial charge in [-0.1, -0.05) is 64.4 Å². The molecule has 1 fully saturated rings. The molecular formula is C19H30N2O. The van der Waals surface area contributed by atoms with Crippen LogP contribution in [0.1, 0.15) is 71.1 Å². The fourth-order valence-corrected chi connectivity index (χ4v) is 3.42. The molecule has 1 aliphatic carbocycles. The standard InChI is InChI=1S/C19H30N2O/c1-16-12-8-6-4-2-3-5-7-9-13-17(16)19(22)21-18-14-10-11-15-20-18/h10-11,14-17H,2-9,12-13H2,1H3,(H,20,21,22). The van der Waals surface area contributed by atoms with E-state index in [1.165, 1.54) is 57.8 Å². The number of rotatable bonds is 2. The lowest BCUT2D eigenvalue weighted by molar-refractivity contribution is -0.121. The summed E-state index contributed by atoms with van der Waals surface area (Å²) in [5, 5.41) is 3.00. The first-order valence-electron chi connectivity index (χ1n) is 8.99. The number of pyridine rings is 1. The van der Waals surface area contributed by atoms with Crippen molar-refractivity contribution in [1.82, 2.24) is 4.98 Å². The zero-order chi connectivity index (χ0) is 15.6. The average Bonchev–Trinajstić information content (AvgIpc) is 2.51. The Kier molecular flexibility index (Phi) is 7.41. The van der Waals surface area contributed by atoms with Gasteiger partial charge in [-0.05, 0) is 30.9 Å². The van der Waals surface area contributed by atoms with Crippen LogP contribution in [0.4, 0.5) is 5.82 Å². The van der Waals surface area contributed by atoms with Crippen molar-refractivity contribution < 1.29 is 4.79 Å². The van der Waals surface area contributed by atoms with Crippen LogP contribution in [-0.4, -0.2) is 10.9 Å². The second-order valence-electron chi connectivity index (χ2n) is 6.69. The number of nitrogens with one attached hydrogen (secondary N) is 1. The Labute approximate surface area is 134 Å². The smallest absolute Gasteiger partial charge is 0.228 e. The SMILES string of the molecule is CC1CCCCCCCCCCC1C(=O)Nc1ccccn1. The van der Waals surface area contributed by atoms with Crippen molar-refractivity contribution in [3.05, 3.63) is 24.4 Å². The molecule has 122 valence electrons.